The van der Waals surface area contributed by atoms with Crippen LogP contribution in [0.3, 0.4) is 0 Å². The lowest BCUT2D eigenvalue weighted by atomic mass is 10.1. The summed E-state index contributed by atoms with van der Waals surface area (Å²) in [5.74, 6) is 0.607. The van der Waals surface area contributed by atoms with E-state index in [1.165, 1.54) is 0 Å². The summed E-state index contributed by atoms with van der Waals surface area (Å²) in [6.45, 7) is 2.66. The second-order valence-corrected chi connectivity index (χ2v) is 4.35. The normalized spacial score (nSPS) is 19.6. The topological polar surface area (TPSA) is 60.2 Å². The van der Waals surface area contributed by atoms with E-state index in [1.807, 2.05) is 12.1 Å². The molecule has 2 heterocycles. The molecule has 1 aromatic heterocycles. The highest BCUT2D eigenvalue weighted by molar-refractivity contribution is 7.80. The molecule has 0 aliphatic carbocycles. The summed E-state index contributed by atoms with van der Waals surface area (Å²) in [7, 11) is 0. The van der Waals surface area contributed by atoms with Gasteiger partial charge in [0.15, 0.2) is 0 Å². The number of thiocarbonyl (C=S) groups is 1. The van der Waals surface area contributed by atoms with Crippen molar-refractivity contribution in [1.82, 2.24) is 4.98 Å². The molecule has 0 amide bonds. The van der Waals surface area contributed by atoms with Crippen molar-refractivity contribution in [3.8, 4) is 0 Å². The van der Waals surface area contributed by atoms with E-state index in [1.54, 1.807) is 6.20 Å². The molecule has 1 unspecified atom stereocenters. The highest BCUT2D eigenvalue weighted by Gasteiger charge is 2.14. The molecule has 0 radical (unpaired) electrons. The van der Waals surface area contributed by atoms with E-state index in [9.17, 15) is 0 Å². The zero-order chi connectivity index (χ0) is 11.4. The van der Waals surface area contributed by atoms with E-state index in [0.29, 0.717) is 16.6 Å². The smallest absolute Gasteiger partial charge is 0.122 e. The van der Waals surface area contributed by atoms with Gasteiger partial charge >= 0.3 is 0 Å². The molecule has 0 spiro atoms. The van der Waals surface area contributed by atoms with Gasteiger partial charge in [0.2, 0.25) is 0 Å². The largest absolute Gasteiger partial charge is 0.388 e. The summed E-state index contributed by atoms with van der Waals surface area (Å²) in [6.07, 6.45) is 2.88. The van der Waals surface area contributed by atoms with Gasteiger partial charge in [0.1, 0.15) is 4.99 Å². The lowest BCUT2D eigenvalue weighted by Crippen LogP contribution is -2.15. The van der Waals surface area contributed by atoms with Crippen LogP contribution in [-0.2, 0) is 4.74 Å². The maximum atomic E-state index is 5.47. The predicted molar refractivity (Wildman–Crippen MR) is 67.5 cm³/mol. The van der Waals surface area contributed by atoms with Gasteiger partial charge in [-0.1, -0.05) is 12.2 Å². The minimum Gasteiger partial charge on any atom is -0.388 e. The molecule has 16 heavy (non-hydrogen) atoms. The van der Waals surface area contributed by atoms with E-state index in [0.717, 1.165) is 31.9 Å². The van der Waals surface area contributed by atoms with Gasteiger partial charge in [-0.3, -0.25) is 4.98 Å². The fraction of sp³-hybridized carbons (Fsp3) is 0.455. The van der Waals surface area contributed by atoms with Crippen molar-refractivity contribution in [3.63, 3.8) is 0 Å². The van der Waals surface area contributed by atoms with Gasteiger partial charge in [-0.25, -0.2) is 0 Å². The van der Waals surface area contributed by atoms with Crippen molar-refractivity contribution in [2.24, 2.45) is 11.7 Å². The summed E-state index contributed by atoms with van der Waals surface area (Å²) < 4.78 is 5.31. The van der Waals surface area contributed by atoms with E-state index < -0.39 is 0 Å². The third-order valence-corrected chi connectivity index (χ3v) is 2.84. The molecule has 1 aliphatic heterocycles. The average molecular weight is 237 g/mol. The molecule has 1 atom stereocenters. The molecule has 1 aliphatic rings. The maximum Gasteiger partial charge on any atom is 0.122 e. The number of anilines is 1. The van der Waals surface area contributed by atoms with E-state index in [-0.39, 0.29) is 0 Å². The molecule has 0 saturated carbocycles. The summed E-state index contributed by atoms with van der Waals surface area (Å²) in [5, 5.41) is 3.33. The number of pyridine rings is 1. The van der Waals surface area contributed by atoms with Crippen molar-refractivity contribution in [1.29, 1.82) is 0 Å². The van der Waals surface area contributed by atoms with Crippen LogP contribution < -0.4 is 11.1 Å². The Morgan fingerprint density at radius 2 is 2.50 bits per heavy atom. The highest BCUT2D eigenvalue weighted by Crippen LogP contribution is 2.14. The zero-order valence-corrected chi connectivity index (χ0v) is 9.80. The number of rotatable bonds is 4. The van der Waals surface area contributed by atoms with Gasteiger partial charge in [-0.2, -0.15) is 0 Å². The monoisotopic (exact) mass is 237 g/mol. The Hall–Kier alpha value is -1.20. The average Bonchev–Trinajstić information content (AvgIpc) is 2.80. The van der Waals surface area contributed by atoms with Crippen molar-refractivity contribution in [2.45, 2.75) is 6.42 Å². The fourth-order valence-electron chi connectivity index (χ4n) is 1.65. The maximum absolute atomic E-state index is 5.47. The van der Waals surface area contributed by atoms with Crippen LogP contribution in [0.25, 0.3) is 0 Å². The van der Waals surface area contributed by atoms with E-state index in [4.69, 9.17) is 22.7 Å². The summed E-state index contributed by atoms with van der Waals surface area (Å²) in [6, 6.07) is 3.77. The molecular weight excluding hydrogens is 222 g/mol. The van der Waals surface area contributed by atoms with Crippen LogP contribution >= 0.6 is 12.2 Å². The Labute approximate surface area is 100 Å². The van der Waals surface area contributed by atoms with Gasteiger partial charge in [0.05, 0.1) is 24.2 Å². The standard InChI is InChI=1S/C11H15N3OS/c12-11(16)10-2-1-9(6-14-10)13-5-8-3-4-15-7-8/h1-2,6,8,13H,3-5,7H2,(H2,12,16). The van der Waals surface area contributed by atoms with Crippen LogP contribution in [0.2, 0.25) is 0 Å². The van der Waals surface area contributed by atoms with Crippen LogP contribution in [-0.4, -0.2) is 29.7 Å². The first-order chi connectivity index (χ1) is 7.75. The number of nitrogens with zero attached hydrogens (tertiary/aromatic N) is 1. The lowest BCUT2D eigenvalue weighted by Gasteiger charge is -2.10. The molecule has 1 aromatic rings. The number of nitrogens with one attached hydrogen (secondary N) is 1. The minimum atomic E-state index is 0.329. The Bertz CT molecular complexity index is 360. The molecule has 86 valence electrons. The first-order valence-electron chi connectivity index (χ1n) is 5.33. The molecular formula is C11H15N3OS. The summed E-state index contributed by atoms with van der Waals surface area (Å²) >= 11 is 4.84. The Morgan fingerprint density at radius 3 is 3.06 bits per heavy atom. The van der Waals surface area contributed by atoms with Crippen molar-refractivity contribution < 1.29 is 4.74 Å². The number of nitrogens with two attached hydrogens (primary N) is 1. The third-order valence-electron chi connectivity index (χ3n) is 2.63. The first-order valence-corrected chi connectivity index (χ1v) is 5.74. The molecule has 1 fully saturated rings. The van der Waals surface area contributed by atoms with E-state index in [2.05, 4.69) is 10.3 Å². The van der Waals surface area contributed by atoms with Gasteiger partial charge in [-0.15, -0.1) is 0 Å². The molecule has 5 heteroatoms. The van der Waals surface area contributed by atoms with Gasteiger partial charge < -0.3 is 15.8 Å². The molecule has 0 aromatic carbocycles. The van der Waals surface area contributed by atoms with Gasteiger partial charge in [-0.05, 0) is 18.6 Å². The molecule has 0 bridgehead atoms. The highest BCUT2D eigenvalue weighted by atomic mass is 32.1. The second-order valence-electron chi connectivity index (χ2n) is 3.91. The van der Waals surface area contributed by atoms with Crippen LogP contribution in [0.15, 0.2) is 18.3 Å². The fourth-order valence-corrected chi connectivity index (χ4v) is 1.77. The van der Waals surface area contributed by atoms with Crippen molar-refractivity contribution in [2.75, 3.05) is 25.1 Å². The number of aromatic nitrogens is 1. The van der Waals surface area contributed by atoms with E-state index >= 15 is 0 Å². The number of hydrogen-bond acceptors (Lipinski definition) is 4. The van der Waals surface area contributed by atoms with Gasteiger partial charge in [0, 0.05) is 19.1 Å². The quantitative estimate of drug-likeness (QED) is 0.770. The Balaban J connectivity index is 1.87. The van der Waals surface area contributed by atoms with Crippen molar-refractivity contribution >= 4 is 22.9 Å². The summed E-state index contributed by atoms with van der Waals surface area (Å²) in [4.78, 5) is 4.49. The van der Waals surface area contributed by atoms with Crippen LogP contribution in [0.1, 0.15) is 12.1 Å². The second kappa shape index (κ2) is 5.23. The Kier molecular flexibility index (Phi) is 3.69. The molecule has 3 N–H and O–H groups in total. The molecule has 2 rings (SSSR count). The van der Waals surface area contributed by atoms with Crippen LogP contribution in [0.5, 0.6) is 0 Å². The van der Waals surface area contributed by atoms with Crippen LogP contribution in [0, 0.1) is 5.92 Å². The number of ether oxygens (including phenoxy) is 1. The first kappa shape index (κ1) is 11.3. The molecule has 1 saturated heterocycles. The minimum absolute atomic E-state index is 0.329. The zero-order valence-electron chi connectivity index (χ0n) is 8.98. The third kappa shape index (κ3) is 2.90. The van der Waals surface area contributed by atoms with Crippen LogP contribution in [0.4, 0.5) is 5.69 Å². The predicted octanol–water partition coefficient (Wildman–Crippen LogP) is 1.16. The summed E-state index contributed by atoms with van der Waals surface area (Å²) in [5.41, 5.74) is 7.12. The number of hydrogen-bond donors (Lipinski definition) is 2. The van der Waals surface area contributed by atoms with Crippen molar-refractivity contribution in [3.05, 3.63) is 24.0 Å². The Morgan fingerprint density at radius 1 is 1.62 bits per heavy atom. The lowest BCUT2D eigenvalue weighted by molar-refractivity contribution is 0.187. The SMILES string of the molecule is NC(=S)c1ccc(NCC2CCOC2)cn1. The molecule has 4 nitrogen and oxygen atoms in total. The van der Waals surface area contributed by atoms with Gasteiger partial charge in [0.25, 0.3) is 0 Å².